The Morgan fingerprint density at radius 2 is 1.92 bits per heavy atom. The van der Waals surface area contributed by atoms with Crippen LogP contribution < -0.4 is 0 Å². The molecule has 0 aliphatic rings. The van der Waals surface area contributed by atoms with Crippen LogP contribution in [0.1, 0.15) is 11.3 Å². The third kappa shape index (κ3) is 1.96. The average Bonchev–Trinajstić information content (AvgIpc) is 2.53. The molecule has 0 bridgehead atoms. The van der Waals surface area contributed by atoms with Crippen LogP contribution in [0, 0.1) is 6.92 Å². The summed E-state index contributed by atoms with van der Waals surface area (Å²) in [6.45, 7) is 4.57. The molecule has 0 spiro atoms. The quantitative estimate of drug-likeness (QED) is 0.676. The second-order valence-electron chi connectivity index (χ2n) is 2.99. The summed E-state index contributed by atoms with van der Waals surface area (Å²) >= 11 is 0. The zero-order valence-electron chi connectivity index (χ0n) is 7.35. The molecule has 1 aromatic heterocycles. The summed E-state index contributed by atoms with van der Waals surface area (Å²) in [5.74, 6) is 0. The van der Waals surface area contributed by atoms with E-state index in [1.54, 1.807) is 0 Å². The van der Waals surface area contributed by atoms with Crippen LogP contribution in [0.4, 0.5) is 0 Å². The van der Waals surface area contributed by atoms with Gasteiger partial charge in [-0.3, -0.25) is 4.68 Å². The Kier molecular flexibility index (Phi) is 2.13. The first kappa shape index (κ1) is 8.05. The minimum Gasteiger partial charge on any atom is -0.268 e. The molecule has 2 heteroatoms. The molecule has 2 nitrogen and oxygen atoms in total. The Labute approximate surface area is 77.8 Å². The van der Waals surface area contributed by atoms with Crippen molar-refractivity contribution in [2.75, 3.05) is 0 Å². The maximum atomic E-state index is 4.21. The molecule has 0 atom stereocenters. The van der Waals surface area contributed by atoms with Crippen molar-refractivity contribution in [1.29, 1.82) is 0 Å². The highest BCUT2D eigenvalue weighted by Gasteiger charge is 1.94. The first-order valence-electron chi connectivity index (χ1n) is 4.24. The van der Waals surface area contributed by atoms with Gasteiger partial charge in [-0.05, 0) is 18.6 Å². The largest absolute Gasteiger partial charge is 0.268 e. The third-order valence-electron chi connectivity index (χ3n) is 1.88. The monoisotopic (exact) mass is 171 g/mol. The Hall–Kier alpha value is -1.57. The fourth-order valence-electron chi connectivity index (χ4n) is 1.26. The molecular weight excluding hydrogens is 160 g/mol. The lowest BCUT2D eigenvalue weighted by molar-refractivity contribution is 0.683. The summed E-state index contributed by atoms with van der Waals surface area (Å²) in [4.78, 5) is 0. The van der Waals surface area contributed by atoms with Gasteiger partial charge in [0.05, 0.1) is 12.2 Å². The standard InChI is InChI=1S/C11H11N2/c1-10-7-8-13(12-10)9-11-5-3-2-4-6-11/h2-8H,1,9H2. The van der Waals surface area contributed by atoms with Gasteiger partial charge in [0.15, 0.2) is 0 Å². The molecule has 0 aliphatic carbocycles. The summed E-state index contributed by atoms with van der Waals surface area (Å²) in [6.07, 6.45) is 1.94. The first-order valence-corrected chi connectivity index (χ1v) is 4.24. The zero-order valence-corrected chi connectivity index (χ0v) is 7.35. The molecule has 0 amide bonds. The van der Waals surface area contributed by atoms with Gasteiger partial charge in [-0.25, -0.2) is 0 Å². The Morgan fingerprint density at radius 3 is 2.54 bits per heavy atom. The molecule has 0 N–H and O–H groups in total. The summed E-state index contributed by atoms with van der Waals surface area (Å²) < 4.78 is 1.89. The van der Waals surface area contributed by atoms with Crippen LogP contribution in [0.15, 0.2) is 42.6 Å². The van der Waals surface area contributed by atoms with Gasteiger partial charge in [-0.2, -0.15) is 5.10 Å². The molecule has 0 fully saturated rings. The predicted octanol–water partition coefficient (Wildman–Crippen LogP) is 2.11. The number of aromatic nitrogens is 2. The number of benzene rings is 1. The van der Waals surface area contributed by atoms with Crippen molar-refractivity contribution in [1.82, 2.24) is 9.78 Å². The van der Waals surface area contributed by atoms with E-state index >= 15 is 0 Å². The van der Waals surface area contributed by atoms with E-state index in [4.69, 9.17) is 0 Å². The maximum absolute atomic E-state index is 4.21. The maximum Gasteiger partial charge on any atom is 0.0659 e. The van der Waals surface area contributed by atoms with Crippen LogP contribution in [-0.2, 0) is 6.54 Å². The van der Waals surface area contributed by atoms with E-state index in [2.05, 4.69) is 24.2 Å². The van der Waals surface area contributed by atoms with E-state index in [1.165, 1.54) is 5.56 Å². The van der Waals surface area contributed by atoms with Gasteiger partial charge in [-0.15, -0.1) is 0 Å². The highest BCUT2D eigenvalue weighted by molar-refractivity contribution is 5.15. The summed E-state index contributed by atoms with van der Waals surface area (Å²) in [5, 5.41) is 4.21. The van der Waals surface area contributed by atoms with Crippen LogP contribution in [0.2, 0.25) is 0 Å². The predicted molar refractivity (Wildman–Crippen MR) is 52.2 cm³/mol. The summed E-state index contributed by atoms with van der Waals surface area (Å²) in [7, 11) is 0. The molecule has 1 aromatic carbocycles. The molecule has 1 heterocycles. The lowest BCUT2D eigenvalue weighted by Gasteiger charge is -2.00. The minimum absolute atomic E-state index is 0.816. The zero-order chi connectivity index (χ0) is 9.10. The number of hydrogen-bond acceptors (Lipinski definition) is 1. The van der Waals surface area contributed by atoms with Crippen LogP contribution >= 0.6 is 0 Å². The number of hydrogen-bond donors (Lipinski definition) is 0. The van der Waals surface area contributed by atoms with Gasteiger partial charge in [-0.1, -0.05) is 30.3 Å². The highest BCUT2D eigenvalue weighted by atomic mass is 15.3. The van der Waals surface area contributed by atoms with Gasteiger partial charge in [0.2, 0.25) is 0 Å². The minimum atomic E-state index is 0.816. The van der Waals surface area contributed by atoms with Crippen LogP contribution in [0.5, 0.6) is 0 Å². The second-order valence-corrected chi connectivity index (χ2v) is 2.99. The van der Waals surface area contributed by atoms with Crippen molar-refractivity contribution in [3.8, 4) is 0 Å². The molecule has 0 saturated heterocycles. The smallest absolute Gasteiger partial charge is 0.0659 e. The third-order valence-corrected chi connectivity index (χ3v) is 1.88. The van der Waals surface area contributed by atoms with E-state index in [0.29, 0.717) is 0 Å². The fourth-order valence-corrected chi connectivity index (χ4v) is 1.26. The molecule has 2 aromatic rings. The van der Waals surface area contributed by atoms with Crippen molar-refractivity contribution < 1.29 is 0 Å². The van der Waals surface area contributed by atoms with E-state index in [0.717, 1.165) is 12.2 Å². The lowest BCUT2D eigenvalue weighted by atomic mass is 10.2. The molecule has 0 saturated carbocycles. The molecule has 0 unspecified atom stereocenters. The normalized spacial score (nSPS) is 10.2. The van der Waals surface area contributed by atoms with E-state index < -0.39 is 0 Å². The van der Waals surface area contributed by atoms with Gasteiger partial charge < -0.3 is 0 Å². The Morgan fingerprint density at radius 1 is 1.15 bits per heavy atom. The topological polar surface area (TPSA) is 17.8 Å². The van der Waals surface area contributed by atoms with Crippen molar-refractivity contribution in [2.45, 2.75) is 6.54 Å². The van der Waals surface area contributed by atoms with Crippen molar-refractivity contribution in [2.24, 2.45) is 0 Å². The summed E-state index contributed by atoms with van der Waals surface area (Å²) in [6, 6.07) is 12.2. The van der Waals surface area contributed by atoms with Crippen molar-refractivity contribution >= 4 is 0 Å². The molecule has 13 heavy (non-hydrogen) atoms. The van der Waals surface area contributed by atoms with Gasteiger partial charge in [0, 0.05) is 6.20 Å². The van der Waals surface area contributed by atoms with E-state index in [-0.39, 0.29) is 0 Å². The number of rotatable bonds is 2. The molecule has 0 aliphatic heterocycles. The molecular formula is C11H11N2. The molecule has 1 radical (unpaired) electrons. The van der Waals surface area contributed by atoms with Gasteiger partial charge in [0.1, 0.15) is 0 Å². The SMILES string of the molecule is [CH2]c1ccn(Cc2ccccc2)n1. The molecule has 2 rings (SSSR count). The van der Waals surface area contributed by atoms with Crippen molar-refractivity contribution in [3.63, 3.8) is 0 Å². The Bertz CT molecular complexity index is 376. The van der Waals surface area contributed by atoms with Crippen LogP contribution in [-0.4, -0.2) is 9.78 Å². The highest BCUT2D eigenvalue weighted by Crippen LogP contribution is 2.01. The second kappa shape index (κ2) is 3.44. The Balaban J connectivity index is 2.15. The fraction of sp³-hybridized carbons (Fsp3) is 0.0909. The summed E-state index contributed by atoms with van der Waals surface area (Å²) in [5.41, 5.74) is 2.07. The van der Waals surface area contributed by atoms with Crippen LogP contribution in [0.25, 0.3) is 0 Å². The van der Waals surface area contributed by atoms with Gasteiger partial charge in [0.25, 0.3) is 0 Å². The molecule has 65 valence electrons. The van der Waals surface area contributed by atoms with E-state index in [1.807, 2.05) is 35.1 Å². The van der Waals surface area contributed by atoms with Crippen LogP contribution in [0.3, 0.4) is 0 Å². The average molecular weight is 171 g/mol. The van der Waals surface area contributed by atoms with E-state index in [9.17, 15) is 0 Å². The van der Waals surface area contributed by atoms with Crippen molar-refractivity contribution in [3.05, 3.63) is 60.8 Å². The lowest BCUT2D eigenvalue weighted by Crippen LogP contribution is -1.99. The first-order chi connectivity index (χ1) is 6.34. The number of nitrogens with zero attached hydrogens (tertiary/aromatic N) is 2. The van der Waals surface area contributed by atoms with Gasteiger partial charge >= 0.3 is 0 Å².